The summed E-state index contributed by atoms with van der Waals surface area (Å²) in [6.07, 6.45) is 6.77. The smallest absolute Gasteiger partial charge is 0.185 e. The van der Waals surface area contributed by atoms with Crippen LogP contribution in [0.2, 0.25) is 0 Å². The normalized spacial score (nSPS) is 10.8. The summed E-state index contributed by atoms with van der Waals surface area (Å²) in [6.45, 7) is 1.59. The first-order chi connectivity index (χ1) is 7.18. The second kappa shape index (κ2) is 6.80. The van der Waals surface area contributed by atoms with Crippen molar-refractivity contribution >= 4 is 38.9 Å². The molecule has 0 unspecified atom stereocenters. The van der Waals surface area contributed by atoms with Gasteiger partial charge in [-0.25, -0.2) is 4.98 Å². The third-order valence-corrected chi connectivity index (χ3v) is 2.93. The minimum Gasteiger partial charge on any atom is -0.288 e. The van der Waals surface area contributed by atoms with E-state index in [0.717, 1.165) is 22.3 Å². The van der Waals surface area contributed by atoms with Gasteiger partial charge in [-0.1, -0.05) is 23.9 Å². The van der Waals surface area contributed by atoms with Gasteiger partial charge in [-0.3, -0.25) is 4.79 Å². The number of aromatic nitrogens is 1. The molecule has 1 aromatic heterocycles. The standard InChI is InChI=1S/C11H12BrNOS/c1-9(14)15-7-3-2-4-10-5-6-13-11(12)8-10/h2,4-6,8H,3,7H2,1H3. The Morgan fingerprint density at radius 1 is 1.67 bits per heavy atom. The number of rotatable bonds is 4. The van der Waals surface area contributed by atoms with Crippen molar-refractivity contribution in [3.05, 3.63) is 34.6 Å². The van der Waals surface area contributed by atoms with Crippen LogP contribution in [-0.2, 0) is 4.79 Å². The topological polar surface area (TPSA) is 30.0 Å². The van der Waals surface area contributed by atoms with E-state index in [2.05, 4.69) is 27.0 Å². The third-order valence-electron chi connectivity index (χ3n) is 1.65. The van der Waals surface area contributed by atoms with Crippen LogP contribution in [0.1, 0.15) is 18.9 Å². The minimum absolute atomic E-state index is 0.176. The van der Waals surface area contributed by atoms with Crippen molar-refractivity contribution in [1.82, 2.24) is 4.98 Å². The summed E-state index contributed by atoms with van der Waals surface area (Å²) in [6, 6.07) is 3.90. The van der Waals surface area contributed by atoms with Gasteiger partial charge >= 0.3 is 0 Å². The average Bonchev–Trinajstić information content (AvgIpc) is 2.17. The molecule has 0 fully saturated rings. The Labute approximate surface area is 102 Å². The molecule has 15 heavy (non-hydrogen) atoms. The van der Waals surface area contributed by atoms with E-state index in [4.69, 9.17) is 0 Å². The molecular formula is C11H12BrNOS. The Hall–Kier alpha value is -0.610. The summed E-state index contributed by atoms with van der Waals surface area (Å²) < 4.78 is 0.836. The SMILES string of the molecule is CC(=O)SCCC=Cc1ccnc(Br)c1. The van der Waals surface area contributed by atoms with Gasteiger partial charge in [0, 0.05) is 18.9 Å². The van der Waals surface area contributed by atoms with Gasteiger partial charge in [-0.15, -0.1) is 0 Å². The summed E-state index contributed by atoms with van der Waals surface area (Å²) in [5, 5.41) is 0.176. The highest BCUT2D eigenvalue weighted by atomic mass is 79.9. The lowest BCUT2D eigenvalue weighted by Crippen LogP contribution is -1.83. The van der Waals surface area contributed by atoms with Crippen molar-refractivity contribution in [2.45, 2.75) is 13.3 Å². The van der Waals surface area contributed by atoms with E-state index in [9.17, 15) is 4.79 Å². The summed E-state index contributed by atoms with van der Waals surface area (Å²) in [5.74, 6) is 0.845. The molecule has 0 radical (unpaired) electrons. The van der Waals surface area contributed by atoms with Gasteiger partial charge in [0.05, 0.1) is 0 Å². The molecule has 0 bridgehead atoms. The predicted molar refractivity (Wildman–Crippen MR) is 68.7 cm³/mol. The summed E-state index contributed by atoms with van der Waals surface area (Å²) in [5.41, 5.74) is 1.12. The highest BCUT2D eigenvalue weighted by Gasteiger charge is 1.92. The van der Waals surface area contributed by atoms with Crippen LogP contribution in [-0.4, -0.2) is 15.9 Å². The fourth-order valence-electron chi connectivity index (χ4n) is 1.01. The largest absolute Gasteiger partial charge is 0.288 e. The zero-order valence-electron chi connectivity index (χ0n) is 8.44. The molecule has 0 saturated carbocycles. The maximum Gasteiger partial charge on any atom is 0.185 e. The van der Waals surface area contributed by atoms with E-state index in [1.165, 1.54) is 11.8 Å². The van der Waals surface area contributed by atoms with Gasteiger partial charge in [0.2, 0.25) is 0 Å². The van der Waals surface area contributed by atoms with Crippen molar-refractivity contribution in [3.8, 4) is 0 Å². The number of hydrogen-bond acceptors (Lipinski definition) is 3. The molecule has 0 atom stereocenters. The number of carbonyl (C=O) groups is 1. The Morgan fingerprint density at radius 2 is 2.47 bits per heavy atom. The fourth-order valence-corrected chi connectivity index (χ4v) is 1.94. The number of allylic oxidation sites excluding steroid dienone is 1. The molecule has 80 valence electrons. The monoisotopic (exact) mass is 285 g/mol. The molecule has 0 aromatic carbocycles. The van der Waals surface area contributed by atoms with E-state index < -0.39 is 0 Å². The van der Waals surface area contributed by atoms with Crippen LogP contribution in [0, 0.1) is 0 Å². The first kappa shape index (κ1) is 12.5. The van der Waals surface area contributed by atoms with Crippen LogP contribution in [0.15, 0.2) is 29.0 Å². The zero-order valence-corrected chi connectivity index (χ0v) is 10.8. The molecule has 0 aliphatic carbocycles. The van der Waals surface area contributed by atoms with Gasteiger partial charge in [0.25, 0.3) is 0 Å². The van der Waals surface area contributed by atoms with Crippen LogP contribution in [0.25, 0.3) is 6.08 Å². The lowest BCUT2D eigenvalue weighted by Gasteiger charge is -1.94. The average molecular weight is 286 g/mol. The Morgan fingerprint density at radius 3 is 3.13 bits per heavy atom. The summed E-state index contributed by atoms with van der Waals surface area (Å²) >= 11 is 4.67. The second-order valence-electron chi connectivity index (χ2n) is 2.94. The van der Waals surface area contributed by atoms with Crippen molar-refractivity contribution < 1.29 is 4.79 Å². The lowest BCUT2D eigenvalue weighted by atomic mass is 10.2. The van der Waals surface area contributed by atoms with Gasteiger partial charge in [-0.2, -0.15) is 0 Å². The van der Waals surface area contributed by atoms with E-state index >= 15 is 0 Å². The first-order valence-electron chi connectivity index (χ1n) is 4.60. The first-order valence-corrected chi connectivity index (χ1v) is 6.38. The maximum absolute atomic E-state index is 10.6. The zero-order chi connectivity index (χ0) is 11.1. The van der Waals surface area contributed by atoms with Crippen LogP contribution in [0.4, 0.5) is 0 Å². The minimum atomic E-state index is 0.176. The predicted octanol–water partition coefficient (Wildman–Crippen LogP) is 3.53. The molecule has 1 rings (SSSR count). The number of nitrogens with zero attached hydrogens (tertiary/aromatic N) is 1. The van der Waals surface area contributed by atoms with Gasteiger partial charge in [0.1, 0.15) is 4.60 Å². The Kier molecular flexibility index (Phi) is 5.65. The summed E-state index contributed by atoms with van der Waals surface area (Å²) in [7, 11) is 0. The van der Waals surface area contributed by atoms with Crippen molar-refractivity contribution in [2.75, 3.05) is 5.75 Å². The van der Waals surface area contributed by atoms with E-state index in [1.807, 2.05) is 18.2 Å². The highest BCUT2D eigenvalue weighted by Crippen LogP contribution is 2.10. The Balaban J connectivity index is 2.35. The van der Waals surface area contributed by atoms with E-state index in [1.54, 1.807) is 13.1 Å². The number of carbonyl (C=O) groups excluding carboxylic acids is 1. The van der Waals surface area contributed by atoms with Crippen LogP contribution in [0.3, 0.4) is 0 Å². The van der Waals surface area contributed by atoms with Crippen LogP contribution < -0.4 is 0 Å². The van der Waals surface area contributed by atoms with Crippen molar-refractivity contribution in [2.24, 2.45) is 0 Å². The van der Waals surface area contributed by atoms with Gasteiger partial charge in [0.15, 0.2) is 5.12 Å². The lowest BCUT2D eigenvalue weighted by molar-refractivity contribution is -0.109. The van der Waals surface area contributed by atoms with Crippen LogP contribution in [0.5, 0.6) is 0 Å². The summed E-state index contributed by atoms with van der Waals surface area (Å²) in [4.78, 5) is 14.7. The van der Waals surface area contributed by atoms with E-state index in [-0.39, 0.29) is 5.12 Å². The third kappa shape index (κ3) is 5.74. The molecule has 0 spiro atoms. The van der Waals surface area contributed by atoms with Gasteiger partial charge in [-0.05, 0) is 40.0 Å². The maximum atomic E-state index is 10.6. The molecule has 0 amide bonds. The molecule has 2 nitrogen and oxygen atoms in total. The fraction of sp³-hybridized carbons (Fsp3) is 0.273. The molecule has 0 saturated heterocycles. The number of pyridine rings is 1. The molecule has 1 aromatic rings. The molecule has 1 heterocycles. The number of hydrogen-bond donors (Lipinski definition) is 0. The van der Waals surface area contributed by atoms with Gasteiger partial charge < -0.3 is 0 Å². The second-order valence-corrected chi connectivity index (χ2v) is 5.03. The highest BCUT2D eigenvalue weighted by molar-refractivity contribution is 9.10. The molecule has 0 N–H and O–H groups in total. The molecule has 0 aliphatic heterocycles. The quantitative estimate of drug-likeness (QED) is 0.626. The van der Waals surface area contributed by atoms with Crippen molar-refractivity contribution in [3.63, 3.8) is 0 Å². The molecular weight excluding hydrogens is 274 g/mol. The van der Waals surface area contributed by atoms with E-state index in [0.29, 0.717) is 0 Å². The van der Waals surface area contributed by atoms with Crippen LogP contribution >= 0.6 is 27.7 Å². The molecule has 0 aliphatic rings. The molecule has 4 heteroatoms. The van der Waals surface area contributed by atoms with Crippen molar-refractivity contribution in [1.29, 1.82) is 0 Å². The Bertz CT molecular complexity index is 365. The number of halogens is 1. The number of thioether (sulfide) groups is 1.